The fourth-order valence-electron chi connectivity index (χ4n) is 2.84. The Morgan fingerprint density at radius 2 is 1.78 bits per heavy atom. The van der Waals surface area contributed by atoms with Crippen LogP contribution in [0.3, 0.4) is 0 Å². The van der Waals surface area contributed by atoms with Crippen LogP contribution >= 0.6 is 0 Å². The minimum Gasteiger partial charge on any atom is -0.341 e. The molecule has 2 unspecified atom stereocenters. The number of likely N-dealkylation sites (tertiary alicyclic amines) is 1. The van der Waals surface area contributed by atoms with Gasteiger partial charge >= 0.3 is 0 Å². The van der Waals surface area contributed by atoms with Crippen molar-refractivity contribution in [3.8, 4) is 0 Å². The monoisotopic (exact) mass is 246 g/mol. The van der Waals surface area contributed by atoms with Crippen LogP contribution in [0.1, 0.15) is 31.9 Å². The van der Waals surface area contributed by atoms with Gasteiger partial charge in [0.15, 0.2) is 0 Å². The van der Waals surface area contributed by atoms with E-state index >= 15 is 0 Å². The first-order chi connectivity index (χ1) is 8.58. The van der Waals surface area contributed by atoms with Crippen LogP contribution < -0.4 is 5.73 Å². The lowest BCUT2D eigenvalue weighted by Gasteiger charge is -2.36. The van der Waals surface area contributed by atoms with E-state index in [9.17, 15) is 4.79 Å². The number of nitrogens with two attached hydrogens (primary N) is 1. The Morgan fingerprint density at radius 1 is 1.22 bits per heavy atom. The third kappa shape index (κ3) is 2.91. The van der Waals surface area contributed by atoms with Crippen molar-refractivity contribution in [3.63, 3.8) is 0 Å². The quantitative estimate of drug-likeness (QED) is 0.869. The first-order valence-corrected chi connectivity index (χ1v) is 6.67. The number of benzene rings is 1. The van der Waals surface area contributed by atoms with E-state index in [1.54, 1.807) is 0 Å². The van der Waals surface area contributed by atoms with Crippen molar-refractivity contribution in [2.24, 2.45) is 17.6 Å². The molecule has 1 amide bonds. The Bertz CT molecular complexity index is 394. The van der Waals surface area contributed by atoms with E-state index in [0.29, 0.717) is 11.8 Å². The van der Waals surface area contributed by atoms with Crippen molar-refractivity contribution in [1.29, 1.82) is 0 Å². The first kappa shape index (κ1) is 13.1. The van der Waals surface area contributed by atoms with Crippen molar-refractivity contribution < 1.29 is 4.79 Å². The highest BCUT2D eigenvalue weighted by atomic mass is 16.2. The van der Waals surface area contributed by atoms with Gasteiger partial charge in [-0.2, -0.15) is 0 Å². The first-order valence-electron chi connectivity index (χ1n) is 6.67. The number of carbonyl (C=O) groups is 1. The molecule has 1 aromatic carbocycles. The van der Waals surface area contributed by atoms with Gasteiger partial charge in [0, 0.05) is 13.1 Å². The lowest BCUT2D eigenvalue weighted by Crippen LogP contribution is -2.46. The molecule has 3 atom stereocenters. The van der Waals surface area contributed by atoms with Crippen LogP contribution in [0.15, 0.2) is 30.3 Å². The standard InChI is InChI=1S/C15H22N2O/c1-11-8-12(2)10-17(9-11)15(18)14(16)13-6-4-3-5-7-13/h3-7,11-12,14H,8-10,16H2,1-2H3/t11?,12?,14-/m1/s1. The number of nitrogens with zero attached hydrogens (tertiary/aromatic N) is 1. The smallest absolute Gasteiger partial charge is 0.244 e. The highest BCUT2D eigenvalue weighted by Crippen LogP contribution is 2.23. The Kier molecular flexibility index (Phi) is 4.02. The Labute approximate surface area is 109 Å². The summed E-state index contributed by atoms with van der Waals surface area (Å²) in [4.78, 5) is 14.3. The molecule has 0 spiro atoms. The van der Waals surface area contributed by atoms with Gasteiger partial charge in [-0.3, -0.25) is 4.79 Å². The number of amides is 1. The second-order valence-corrected chi connectivity index (χ2v) is 5.58. The van der Waals surface area contributed by atoms with Crippen molar-refractivity contribution in [2.75, 3.05) is 13.1 Å². The van der Waals surface area contributed by atoms with E-state index in [1.165, 1.54) is 6.42 Å². The second-order valence-electron chi connectivity index (χ2n) is 5.58. The summed E-state index contributed by atoms with van der Waals surface area (Å²) in [7, 11) is 0. The molecule has 0 aliphatic carbocycles. The Balaban J connectivity index is 2.07. The molecule has 1 saturated heterocycles. The molecule has 0 saturated carbocycles. The van der Waals surface area contributed by atoms with Gasteiger partial charge in [-0.1, -0.05) is 44.2 Å². The van der Waals surface area contributed by atoms with E-state index in [2.05, 4.69) is 13.8 Å². The normalized spacial score (nSPS) is 25.8. The molecule has 1 fully saturated rings. The van der Waals surface area contributed by atoms with Crippen LogP contribution in [0.5, 0.6) is 0 Å². The zero-order valence-corrected chi connectivity index (χ0v) is 11.2. The third-order valence-corrected chi connectivity index (χ3v) is 3.61. The van der Waals surface area contributed by atoms with Crippen LogP contribution in [0.4, 0.5) is 0 Å². The number of piperidine rings is 1. The molecule has 0 radical (unpaired) electrons. The van der Waals surface area contributed by atoms with Crippen molar-refractivity contribution in [2.45, 2.75) is 26.3 Å². The Morgan fingerprint density at radius 3 is 2.33 bits per heavy atom. The molecule has 0 aromatic heterocycles. The molecule has 98 valence electrons. The minimum absolute atomic E-state index is 0.0552. The molecular weight excluding hydrogens is 224 g/mol. The van der Waals surface area contributed by atoms with Crippen LogP contribution in [0.25, 0.3) is 0 Å². The summed E-state index contributed by atoms with van der Waals surface area (Å²) in [5.41, 5.74) is 6.97. The molecule has 0 bridgehead atoms. The van der Waals surface area contributed by atoms with Crippen molar-refractivity contribution in [3.05, 3.63) is 35.9 Å². The van der Waals surface area contributed by atoms with E-state index in [1.807, 2.05) is 35.2 Å². The van der Waals surface area contributed by atoms with Gasteiger partial charge < -0.3 is 10.6 Å². The highest BCUT2D eigenvalue weighted by molar-refractivity contribution is 5.83. The molecule has 3 heteroatoms. The average molecular weight is 246 g/mol. The van der Waals surface area contributed by atoms with Gasteiger partial charge in [-0.15, -0.1) is 0 Å². The maximum absolute atomic E-state index is 12.4. The molecule has 1 aliphatic heterocycles. The molecule has 1 aliphatic rings. The van der Waals surface area contributed by atoms with Crippen LogP contribution in [-0.2, 0) is 4.79 Å². The number of hydrogen-bond donors (Lipinski definition) is 1. The molecule has 2 N–H and O–H groups in total. The zero-order chi connectivity index (χ0) is 13.1. The van der Waals surface area contributed by atoms with Gasteiger partial charge in [0.25, 0.3) is 0 Å². The van der Waals surface area contributed by atoms with Crippen molar-refractivity contribution >= 4 is 5.91 Å². The fraction of sp³-hybridized carbons (Fsp3) is 0.533. The lowest BCUT2D eigenvalue weighted by molar-refractivity contribution is -0.135. The van der Waals surface area contributed by atoms with Crippen LogP contribution in [0, 0.1) is 11.8 Å². The van der Waals surface area contributed by atoms with Crippen LogP contribution in [0.2, 0.25) is 0 Å². The molecule has 18 heavy (non-hydrogen) atoms. The summed E-state index contributed by atoms with van der Waals surface area (Å²) in [6.45, 7) is 6.07. The SMILES string of the molecule is CC1CC(C)CN(C(=O)[C@H](N)c2ccccc2)C1. The molecular formula is C15H22N2O. The molecule has 2 rings (SSSR count). The van der Waals surface area contributed by atoms with Gasteiger partial charge in [-0.05, 0) is 23.8 Å². The summed E-state index contributed by atoms with van der Waals surface area (Å²) < 4.78 is 0. The largest absolute Gasteiger partial charge is 0.341 e. The molecule has 1 aromatic rings. The van der Waals surface area contributed by atoms with Gasteiger partial charge in [0.2, 0.25) is 5.91 Å². The maximum Gasteiger partial charge on any atom is 0.244 e. The summed E-state index contributed by atoms with van der Waals surface area (Å²) in [5.74, 6) is 1.20. The van der Waals surface area contributed by atoms with Gasteiger partial charge in [0.1, 0.15) is 6.04 Å². The summed E-state index contributed by atoms with van der Waals surface area (Å²) in [6, 6.07) is 9.09. The van der Waals surface area contributed by atoms with Gasteiger partial charge in [-0.25, -0.2) is 0 Å². The minimum atomic E-state index is -0.524. The van der Waals surface area contributed by atoms with Crippen LogP contribution in [-0.4, -0.2) is 23.9 Å². The summed E-state index contributed by atoms with van der Waals surface area (Å²) >= 11 is 0. The lowest BCUT2D eigenvalue weighted by atomic mass is 9.91. The maximum atomic E-state index is 12.4. The number of carbonyl (C=O) groups excluding carboxylic acids is 1. The topological polar surface area (TPSA) is 46.3 Å². The van der Waals surface area contributed by atoms with E-state index in [0.717, 1.165) is 18.7 Å². The van der Waals surface area contributed by atoms with Crippen molar-refractivity contribution in [1.82, 2.24) is 4.90 Å². The average Bonchev–Trinajstić information content (AvgIpc) is 2.37. The van der Waals surface area contributed by atoms with E-state index < -0.39 is 6.04 Å². The van der Waals surface area contributed by atoms with Gasteiger partial charge in [0.05, 0.1) is 0 Å². The van der Waals surface area contributed by atoms with E-state index in [-0.39, 0.29) is 5.91 Å². The highest BCUT2D eigenvalue weighted by Gasteiger charge is 2.28. The second kappa shape index (κ2) is 5.53. The molecule has 1 heterocycles. The Hall–Kier alpha value is -1.35. The number of hydrogen-bond acceptors (Lipinski definition) is 2. The summed E-state index contributed by atoms with van der Waals surface area (Å²) in [5, 5.41) is 0. The number of rotatable bonds is 2. The summed E-state index contributed by atoms with van der Waals surface area (Å²) in [6.07, 6.45) is 1.20. The predicted molar refractivity (Wildman–Crippen MR) is 72.9 cm³/mol. The zero-order valence-electron chi connectivity index (χ0n) is 11.2. The third-order valence-electron chi connectivity index (χ3n) is 3.61. The fourth-order valence-corrected chi connectivity index (χ4v) is 2.84. The van der Waals surface area contributed by atoms with E-state index in [4.69, 9.17) is 5.73 Å². The predicted octanol–water partition coefficient (Wildman–Crippen LogP) is 2.19. The molecule has 3 nitrogen and oxygen atoms in total.